The molecule has 0 spiro atoms. The molecule has 0 atom stereocenters. The quantitative estimate of drug-likeness (QED) is 0.332. The molecular formula is C29H40ClFN4O2. The van der Waals surface area contributed by atoms with E-state index in [0.717, 1.165) is 31.5 Å². The summed E-state index contributed by atoms with van der Waals surface area (Å²) in [7, 11) is 0. The predicted octanol–water partition coefficient (Wildman–Crippen LogP) is 5.81. The number of benzene rings is 2. The van der Waals surface area contributed by atoms with Crippen LogP contribution in [0.1, 0.15) is 61.4 Å². The first kappa shape index (κ1) is 28.9. The average molecular weight is 531 g/mol. The number of hydrogen-bond acceptors (Lipinski definition) is 3. The van der Waals surface area contributed by atoms with Gasteiger partial charge in [0, 0.05) is 52.4 Å². The molecule has 0 unspecified atom stereocenters. The van der Waals surface area contributed by atoms with E-state index < -0.39 is 0 Å². The molecule has 1 aliphatic heterocycles. The van der Waals surface area contributed by atoms with E-state index in [0.29, 0.717) is 49.9 Å². The Bertz CT molecular complexity index is 980. The van der Waals surface area contributed by atoms with Gasteiger partial charge in [0.2, 0.25) is 0 Å². The predicted molar refractivity (Wildman–Crippen MR) is 147 cm³/mol. The number of hydrogen-bond donors (Lipinski definition) is 1. The van der Waals surface area contributed by atoms with Crippen LogP contribution in [0.5, 0.6) is 0 Å². The number of amides is 3. The number of carbonyl (C=O) groups is 2. The third-order valence-corrected chi connectivity index (χ3v) is 7.16. The van der Waals surface area contributed by atoms with Crippen LogP contribution in [0.3, 0.4) is 0 Å². The summed E-state index contributed by atoms with van der Waals surface area (Å²) in [6.45, 7) is 7.26. The molecule has 6 nitrogen and oxygen atoms in total. The Kier molecular flexibility index (Phi) is 12.2. The van der Waals surface area contributed by atoms with Crippen LogP contribution in [0.15, 0.2) is 48.5 Å². The largest absolute Gasteiger partial charge is 0.338 e. The smallest absolute Gasteiger partial charge is 0.317 e. The summed E-state index contributed by atoms with van der Waals surface area (Å²) < 4.78 is 13.4. The first-order valence-corrected chi connectivity index (χ1v) is 13.9. The summed E-state index contributed by atoms with van der Waals surface area (Å²) in [5, 5.41) is 3.54. The van der Waals surface area contributed by atoms with Gasteiger partial charge >= 0.3 is 6.03 Å². The fourth-order valence-corrected chi connectivity index (χ4v) is 4.73. The zero-order valence-corrected chi connectivity index (χ0v) is 22.7. The van der Waals surface area contributed by atoms with Crippen LogP contribution in [0.4, 0.5) is 9.18 Å². The van der Waals surface area contributed by atoms with E-state index >= 15 is 0 Å². The summed E-state index contributed by atoms with van der Waals surface area (Å²) in [4.78, 5) is 31.8. The van der Waals surface area contributed by atoms with Crippen molar-refractivity contribution in [2.45, 2.75) is 52.0 Å². The maximum atomic E-state index is 13.4. The van der Waals surface area contributed by atoms with Gasteiger partial charge < -0.3 is 15.1 Å². The van der Waals surface area contributed by atoms with Crippen LogP contribution in [0.2, 0.25) is 5.02 Å². The number of urea groups is 1. The molecule has 0 aliphatic carbocycles. The topological polar surface area (TPSA) is 55.9 Å². The Labute approximate surface area is 225 Å². The molecule has 1 saturated heterocycles. The molecular weight excluding hydrogens is 491 g/mol. The zero-order valence-electron chi connectivity index (χ0n) is 21.9. The lowest BCUT2D eigenvalue weighted by atomic mass is 10.1. The van der Waals surface area contributed by atoms with Crippen LogP contribution >= 0.6 is 11.6 Å². The lowest BCUT2D eigenvalue weighted by Crippen LogP contribution is -2.51. The van der Waals surface area contributed by atoms with Gasteiger partial charge in [0.05, 0.1) is 10.6 Å². The molecule has 0 aromatic heterocycles. The number of rotatable bonds is 13. The minimum Gasteiger partial charge on any atom is -0.338 e. The van der Waals surface area contributed by atoms with Crippen molar-refractivity contribution < 1.29 is 14.0 Å². The van der Waals surface area contributed by atoms with Crippen molar-refractivity contribution in [2.24, 2.45) is 0 Å². The van der Waals surface area contributed by atoms with E-state index in [9.17, 15) is 14.0 Å². The van der Waals surface area contributed by atoms with Gasteiger partial charge in [-0.15, -0.1) is 0 Å². The second kappa shape index (κ2) is 15.6. The summed E-state index contributed by atoms with van der Waals surface area (Å²) in [6.07, 6.45) is 7.03. The lowest BCUT2D eigenvalue weighted by Gasteiger charge is -2.36. The van der Waals surface area contributed by atoms with Crippen LogP contribution in [0.25, 0.3) is 0 Å². The molecule has 202 valence electrons. The molecule has 1 N–H and O–H groups in total. The highest BCUT2D eigenvalue weighted by Gasteiger charge is 2.24. The van der Waals surface area contributed by atoms with Crippen LogP contribution in [-0.4, -0.2) is 72.5 Å². The monoisotopic (exact) mass is 530 g/mol. The molecule has 2 aromatic rings. The minimum absolute atomic E-state index is 0.0442. The summed E-state index contributed by atoms with van der Waals surface area (Å²) in [6, 6.07) is 13.3. The van der Waals surface area contributed by atoms with E-state index in [-0.39, 0.29) is 17.8 Å². The van der Waals surface area contributed by atoms with Gasteiger partial charge in [-0.1, -0.05) is 74.9 Å². The van der Waals surface area contributed by atoms with Crippen molar-refractivity contribution in [3.63, 3.8) is 0 Å². The molecule has 1 heterocycles. The fourth-order valence-electron chi connectivity index (χ4n) is 4.52. The molecule has 37 heavy (non-hydrogen) atoms. The van der Waals surface area contributed by atoms with Crippen molar-refractivity contribution in [1.29, 1.82) is 0 Å². The number of piperazine rings is 1. The number of nitrogens with one attached hydrogen (secondary N) is 1. The van der Waals surface area contributed by atoms with E-state index in [1.165, 1.54) is 37.8 Å². The van der Waals surface area contributed by atoms with Crippen LogP contribution in [-0.2, 0) is 6.54 Å². The average Bonchev–Trinajstić information content (AvgIpc) is 2.91. The Morgan fingerprint density at radius 2 is 1.62 bits per heavy atom. The SMILES string of the molecule is CCCCCCCCNC(=O)N(CCN1CCN(C(=O)c2ccccc2Cl)CC1)Cc1ccc(F)cc1. The highest BCUT2D eigenvalue weighted by Crippen LogP contribution is 2.18. The van der Waals surface area contributed by atoms with Crippen molar-refractivity contribution in [3.8, 4) is 0 Å². The Balaban J connectivity index is 1.48. The first-order valence-electron chi connectivity index (χ1n) is 13.5. The normalized spacial score (nSPS) is 14.0. The molecule has 1 aliphatic rings. The summed E-state index contributed by atoms with van der Waals surface area (Å²) in [5.41, 5.74) is 1.43. The highest BCUT2D eigenvalue weighted by molar-refractivity contribution is 6.33. The molecule has 3 rings (SSSR count). The summed E-state index contributed by atoms with van der Waals surface area (Å²) in [5.74, 6) is -0.329. The second-order valence-electron chi connectivity index (χ2n) is 9.66. The maximum Gasteiger partial charge on any atom is 0.317 e. The first-order chi connectivity index (χ1) is 18.0. The van der Waals surface area contributed by atoms with Gasteiger partial charge in [0.25, 0.3) is 5.91 Å². The fraction of sp³-hybridized carbons (Fsp3) is 0.517. The molecule has 0 radical (unpaired) electrons. The standard InChI is InChI=1S/C29H40ClFN4O2/c1-2-3-4-5-6-9-16-32-29(37)35(23-24-12-14-25(31)15-13-24)22-19-33-17-20-34(21-18-33)28(36)26-10-7-8-11-27(26)30/h7-8,10-15H,2-6,9,16-23H2,1H3,(H,32,37). The Morgan fingerprint density at radius 3 is 2.32 bits per heavy atom. The number of nitrogens with zero attached hydrogens (tertiary/aromatic N) is 3. The Hall–Kier alpha value is -2.64. The van der Waals surface area contributed by atoms with Gasteiger partial charge in [-0.2, -0.15) is 0 Å². The molecule has 2 aromatic carbocycles. The van der Waals surface area contributed by atoms with E-state index in [1.807, 2.05) is 17.0 Å². The van der Waals surface area contributed by atoms with E-state index in [1.54, 1.807) is 29.2 Å². The summed E-state index contributed by atoms with van der Waals surface area (Å²) >= 11 is 6.21. The molecule has 1 fully saturated rings. The second-order valence-corrected chi connectivity index (χ2v) is 10.1. The zero-order chi connectivity index (χ0) is 26.5. The van der Waals surface area contributed by atoms with Crippen LogP contribution in [0, 0.1) is 5.82 Å². The molecule has 0 saturated carbocycles. The number of unbranched alkanes of at least 4 members (excludes halogenated alkanes) is 5. The van der Waals surface area contributed by atoms with Gasteiger partial charge in [0.15, 0.2) is 0 Å². The van der Waals surface area contributed by atoms with Crippen molar-refractivity contribution >= 4 is 23.5 Å². The van der Waals surface area contributed by atoms with Crippen molar-refractivity contribution in [1.82, 2.24) is 20.0 Å². The number of carbonyl (C=O) groups excluding carboxylic acids is 2. The van der Waals surface area contributed by atoms with Gasteiger partial charge in [-0.05, 0) is 36.2 Å². The lowest BCUT2D eigenvalue weighted by molar-refractivity contribution is 0.0627. The third kappa shape index (κ3) is 9.63. The van der Waals surface area contributed by atoms with Gasteiger partial charge in [-0.25, -0.2) is 9.18 Å². The molecule has 8 heteroatoms. The van der Waals surface area contributed by atoms with Crippen molar-refractivity contribution in [2.75, 3.05) is 45.8 Å². The number of halogens is 2. The van der Waals surface area contributed by atoms with Gasteiger partial charge in [0.1, 0.15) is 5.82 Å². The van der Waals surface area contributed by atoms with E-state index in [2.05, 4.69) is 17.1 Å². The van der Waals surface area contributed by atoms with Crippen molar-refractivity contribution in [3.05, 3.63) is 70.5 Å². The molecule has 3 amide bonds. The molecule has 0 bridgehead atoms. The third-order valence-electron chi connectivity index (χ3n) is 6.83. The minimum atomic E-state index is -0.285. The Morgan fingerprint density at radius 1 is 0.946 bits per heavy atom. The van der Waals surface area contributed by atoms with E-state index in [4.69, 9.17) is 11.6 Å². The van der Waals surface area contributed by atoms with Crippen LogP contribution < -0.4 is 5.32 Å². The highest BCUT2D eigenvalue weighted by atomic mass is 35.5. The van der Waals surface area contributed by atoms with Gasteiger partial charge in [-0.3, -0.25) is 9.69 Å². The maximum absolute atomic E-state index is 13.4.